The van der Waals surface area contributed by atoms with Gasteiger partial charge in [0.2, 0.25) is 0 Å². The summed E-state index contributed by atoms with van der Waals surface area (Å²) in [5.41, 5.74) is 3.04. The van der Waals surface area contributed by atoms with Crippen molar-refractivity contribution in [2.45, 2.75) is 37.6 Å². The van der Waals surface area contributed by atoms with Crippen LogP contribution in [-0.4, -0.2) is 13.1 Å². The molecule has 0 aliphatic heterocycles. The molecule has 1 nitrogen and oxygen atoms in total. The van der Waals surface area contributed by atoms with Crippen molar-refractivity contribution < 1.29 is 0 Å². The topological polar surface area (TPSA) is 12.0 Å². The van der Waals surface area contributed by atoms with Crippen molar-refractivity contribution in [1.82, 2.24) is 5.32 Å². The number of rotatable bonds is 4. The standard InChI is InChI=1S/C17H20INS/c1-19-16(11-12-5-7-13(18)8-6-12)14-3-2-4-17-15(14)9-10-20-17/h5-10,14,16,19H,2-4,11H2,1H3. The lowest BCUT2D eigenvalue weighted by molar-refractivity contribution is 0.414. The summed E-state index contributed by atoms with van der Waals surface area (Å²) in [5, 5.41) is 5.83. The van der Waals surface area contributed by atoms with Gasteiger partial charge < -0.3 is 5.32 Å². The SMILES string of the molecule is CNC(Cc1ccc(I)cc1)C1CCCc2sccc21. The summed E-state index contributed by atoms with van der Waals surface area (Å²) in [6.07, 6.45) is 5.06. The van der Waals surface area contributed by atoms with Gasteiger partial charge in [-0.15, -0.1) is 11.3 Å². The zero-order valence-corrected chi connectivity index (χ0v) is 14.7. The maximum atomic E-state index is 3.57. The van der Waals surface area contributed by atoms with Crippen molar-refractivity contribution in [3.05, 3.63) is 55.3 Å². The molecule has 20 heavy (non-hydrogen) atoms. The van der Waals surface area contributed by atoms with E-state index in [-0.39, 0.29) is 0 Å². The highest BCUT2D eigenvalue weighted by Gasteiger charge is 2.27. The van der Waals surface area contributed by atoms with E-state index in [0.29, 0.717) is 12.0 Å². The van der Waals surface area contributed by atoms with E-state index in [1.807, 2.05) is 11.3 Å². The highest BCUT2D eigenvalue weighted by molar-refractivity contribution is 14.1. The molecule has 2 atom stereocenters. The van der Waals surface area contributed by atoms with E-state index in [1.165, 1.54) is 28.4 Å². The number of likely N-dealkylation sites (N-methyl/N-ethyl adjacent to an activating group) is 1. The number of fused-ring (bicyclic) bond motifs is 1. The van der Waals surface area contributed by atoms with Crippen LogP contribution in [0.25, 0.3) is 0 Å². The van der Waals surface area contributed by atoms with E-state index < -0.39 is 0 Å². The Bertz CT molecular complexity index is 561. The van der Waals surface area contributed by atoms with Gasteiger partial charge in [0.05, 0.1) is 0 Å². The lowest BCUT2D eigenvalue weighted by atomic mass is 9.80. The number of hydrogen-bond donors (Lipinski definition) is 1. The number of halogens is 1. The average molecular weight is 397 g/mol. The minimum Gasteiger partial charge on any atom is -0.316 e. The van der Waals surface area contributed by atoms with Gasteiger partial charge in [0.1, 0.15) is 0 Å². The molecule has 0 fully saturated rings. The summed E-state index contributed by atoms with van der Waals surface area (Å²) in [6.45, 7) is 0. The van der Waals surface area contributed by atoms with Crippen LogP contribution in [0.5, 0.6) is 0 Å². The molecule has 2 aromatic rings. The minimum atomic E-state index is 0.545. The quantitative estimate of drug-likeness (QED) is 0.744. The maximum Gasteiger partial charge on any atom is 0.0174 e. The van der Waals surface area contributed by atoms with Crippen LogP contribution in [0.2, 0.25) is 0 Å². The summed E-state index contributed by atoms with van der Waals surface area (Å²) >= 11 is 4.30. The average Bonchev–Trinajstić information content (AvgIpc) is 2.95. The Morgan fingerprint density at radius 2 is 2.10 bits per heavy atom. The van der Waals surface area contributed by atoms with Crippen LogP contribution < -0.4 is 5.32 Å². The Kier molecular flexibility index (Phi) is 4.79. The van der Waals surface area contributed by atoms with Crippen LogP contribution in [0, 0.1) is 3.57 Å². The first kappa shape index (κ1) is 14.5. The van der Waals surface area contributed by atoms with Crippen molar-refractivity contribution in [2.75, 3.05) is 7.05 Å². The molecule has 1 heterocycles. The van der Waals surface area contributed by atoms with Crippen molar-refractivity contribution >= 4 is 33.9 Å². The first-order chi connectivity index (χ1) is 9.78. The Balaban J connectivity index is 1.79. The summed E-state index contributed by atoms with van der Waals surface area (Å²) < 4.78 is 1.31. The molecule has 0 saturated carbocycles. The van der Waals surface area contributed by atoms with E-state index in [1.54, 1.807) is 10.4 Å². The molecule has 2 unspecified atom stereocenters. The highest BCUT2D eigenvalue weighted by Crippen LogP contribution is 2.37. The van der Waals surface area contributed by atoms with Crippen LogP contribution in [0.15, 0.2) is 35.7 Å². The summed E-state index contributed by atoms with van der Waals surface area (Å²) in [7, 11) is 2.11. The van der Waals surface area contributed by atoms with Gasteiger partial charge in [-0.05, 0) is 90.0 Å². The molecular weight excluding hydrogens is 377 g/mol. The molecule has 0 amide bonds. The Labute approximate surface area is 138 Å². The van der Waals surface area contributed by atoms with E-state index in [4.69, 9.17) is 0 Å². The largest absolute Gasteiger partial charge is 0.316 e. The molecule has 1 aliphatic carbocycles. The smallest absolute Gasteiger partial charge is 0.0174 e. The van der Waals surface area contributed by atoms with Crippen LogP contribution in [0.3, 0.4) is 0 Å². The maximum absolute atomic E-state index is 3.57. The molecule has 0 radical (unpaired) electrons. The molecule has 1 aromatic carbocycles. The molecular formula is C17H20INS. The fourth-order valence-corrected chi connectivity index (χ4v) is 4.62. The second-order valence-electron chi connectivity index (χ2n) is 5.52. The van der Waals surface area contributed by atoms with Gasteiger partial charge in [0, 0.05) is 20.4 Å². The lowest BCUT2D eigenvalue weighted by Crippen LogP contribution is -2.35. The number of hydrogen-bond acceptors (Lipinski definition) is 2. The summed E-state index contributed by atoms with van der Waals surface area (Å²) in [6, 6.07) is 11.8. The van der Waals surface area contributed by atoms with Gasteiger partial charge >= 0.3 is 0 Å². The van der Waals surface area contributed by atoms with E-state index in [2.05, 4.69) is 70.7 Å². The Hall–Kier alpha value is -0.390. The first-order valence-corrected chi connectivity index (χ1v) is 9.21. The minimum absolute atomic E-state index is 0.545. The fourth-order valence-electron chi connectivity index (χ4n) is 3.26. The normalized spacial score (nSPS) is 19.6. The highest BCUT2D eigenvalue weighted by atomic mass is 127. The van der Waals surface area contributed by atoms with Crippen molar-refractivity contribution in [1.29, 1.82) is 0 Å². The lowest BCUT2D eigenvalue weighted by Gasteiger charge is -2.30. The fraction of sp³-hybridized carbons (Fsp3) is 0.412. The zero-order valence-electron chi connectivity index (χ0n) is 11.7. The third-order valence-corrected chi connectivity index (χ3v) is 6.04. The number of aryl methyl sites for hydroxylation is 1. The Morgan fingerprint density at radius 1 is 1.30 bits per heavy atom. The number of benzene rings is 1. The summed E-state index contributed by atoms with van der Waals surface area (Å²) in [4.78, 5) is 1.61. The van der Waals surface area contributed by atoms with Gasteiger partial charge in [0.25, 0.3) is 0 Å². The van der Waals surface area contributed by atoms with Crippen molar-refractivity contribution in [3.63, 3.8) is 0 Å². The third kappa shape index (κ3) is 3.10. The monoisotopic (exact) mass is 397 g/mol. The molecule has 0 saturated heterocycles. The Morgan fingerprint density at radius 3 is 2.85 bits per heavy atom. The van der Waals surface area contributed by atoms with Gasteiger partial charge in [-0.2, -0.15) is 0 Å². The van der Waals surface area contributed by atoms with Crippen LogP contribution in [0.1, 0.15) is 34.8 Å². The summed E-state index contributed by atoms with van der Waals surface area (Å²) in [5.74, 6) is 0.675. The van der Waals surface area contributed by atoms with E-state index in [0.717, 1.165) is 6.42 Å². The zero-order chi connectivity index (χ0) is 13.9. The van der Waals surface area contributed by atoms with Crippen molar-refractivity contribution in [2.24, 2.45) is 0 Å². The number of thiophene rings is 1. The molecule has 1 aliphatic rings. The van der Waals surface area contributed by atoms with Gasteiger partial charge in [-0.25, -0.2) is 0 Å². The van der Waals surface area contributed by atoms with E-state index >= 15 is 0 Å². The second-order valence-corrected chi connectivity index (χ2v) is 7.77. The predicted molar refractivity (Wildman–Crippen MR) is 95.7 cm³/mol. The van der Waals surface area contributed by atoms with Gasteiger partial charge in [0.15, 0.2) is 0 Å². The van der Waals surface area contributed by atoms with Crippen LogP contribution >= 0.6 is 33.9 Å². The molecule has 1 N–H and O–H groups in total. The van der Waals surface area contributed by atoms with E-state index in [9.17, 15) is 0 Å². The first-order valence-electron chi connectivity index (χ1n) is 7.26. The van der Waals surface area contributed by atoms with Crippen LogP contribution in [0.4, 0.5) is 0 Å². The number of nitrogens with one attached hydrogen (secondary N) is 1. The second kappa shape index (κ2) is 6.58. The molecule has 3 heteroatoms. The van der Waals surface area contributed by atoms with Crippen LogP contribution in [-0.2, 0) is 12.8 Å². The predicted octanol–water partition coefficient (Wildman–Crippen LogP) is 4.60. The van der Waals surface area contributed by atoms with Crippen molar-refractivity contribution in [3.8, 4) is 0 Å². The molecule has 0 spiro atoms. The van der Waals surface area contributed by atoms with Gasteiger partial charge in [-0.1, -0.05) is 12.1 Å². The molecule has 1 aromatic heterocycles. The third-order valence-electron chi connectivity index (χ3n) is 4.32. The molecule has 106 valence electrons. The molecule has 3 rings (SSSR count). The van der Waals surface area contributed by atoms with Gasteiger partial charge in [-0.3, -0.25) is 0 Å². The molecule has 0 bridgehead atoms.